The Bertz CT molecular complexity index is 816. The molecule has 6 nitrogen and oxygen atoms in total. The third-order valence-corrected chi connectivity index (χ3v) is 4.92. The SMILES string of the molecule is CN=C(NCCCC(=O)N1Cc2ccccc2C1)NCc1ccccc1OC.I. The summed E-state index contributed by atoms with van der Waals surface area (Å²) in [7, 11) is 3.41. The minimum absolute atomic E-state index is 0. The molecule has 0 atom stereocenters. The number of aliphatic imine (C=N–C) groups is 1. The van der Waals surface area contributed by atoms with Crippen LogP contribution in [0.3, 0.4) is 0 Å². The second kappa shape index (κ2) is 11.6. The van der Waals surface area contributed by atoms with Crippen molar-refractivity contribution >= 4 is 35.8 Å². The van der Waals surface area contributed by atoms with Crippen LogP contribution in [0.2, 0.25) is 0 Å². The number of rotatable bonds is 7. The van der Waals surface area contributed by atoms with Gasteiger partial charge in [0.15, 0.2) is 5.96 Å². The van der Waals surface area contributed by atoms with Crippen molar-refractivity contribution in [3.05, 3.63) is 65.2 Å². The van der Waals surface area contributed by atoms with Gasteiger partial charge in [-0.25, -0.2) is 0 Å². The van der Waals surface area contributed by atoms with Crippen LogP contribution < -0.4 is 15.4 Å². The zero-order valence-electron chi connectivity index (χ0n) is 17.0. The van der Waals surface area contributed by atoms with Gasteiger partial charge in [0.1, 0.15) is 5.75 Å². The number of fused-ring (bicyclic) bond motifs is 1. The van der Waals surface area contributed by atoms with Crippen LogP contribution >= 0.6 is 24.0 Å². The van der Waals surface area contributed by atoms with E-state index in [2.05, 4.69) is 27.8 Å². The van der Waals surface area contributed by atoms with E-state index in [4.69, 9.17) is 4.74 Å². The summed E-state index contributed by atoms with van der Waals surface area (Å²) >= 11 is 0. The summed E-state index contributed by atoms with van der Waals surface area (Å²) in [5.41, 5.74) is 3.58. The highest BCUT2D eigenvalue weighted by molar-refractivity contribution is 14.0. The smallest absolute Gasteiger partial charge is 0.223 e. The molecule has 0 spiro atoms. The van der Waals surface area contributed by atoms with Crippen molar-refractivity contribution in [2.24, 2.45) is 4.99 Å². The van der Waals surface area contributed by atoms with Crippen molar-refractivity contribution in [3.63, 3.8) is 0 Å². The van der Waals surface area contributed by atoms with Gasteiger partial charge in [-0.2, -0.15) is 0 Å². The summed E-state index contributed by atoms with van der Waals surface area (Å²) in [6.07, 6.45) is 1.30. The van der Waals surface area contributed by atoms with Crippen molar-refractivity contribution in [2.75, 3.05) is 20.7 Å². The molecule has 0 radical (unpaired) electrons. The summed E-state index contributed by atoms with van der Waals surface area (Å²) in [6, 6.07) is 16.1. The van der Waals surface area contributed by atoms with E-state index >= 15 is 0 Å². The quantitative estimate of drug-likeness (QED) is 0.261. The van der Waals surface area contributed by atoms with Gasteiger partial charge in [0, 0.05) is 45.2 Å². The van der Waals surface area contributed by atoms with Crippen molar-refractivity contribution in [2.45, 2.75) is 32.5 Å². The van der Waals surface area contributed by atoms with Crippen LogP contribution in [0, 0.1) is 0 Å². The molecule has 1 aliphatic heterocycles. The van der Waals surface area contributed by atoms with Crippen LogP contribution in [-0.4, -0.2) is 37.5 Å². The molecule has 156 valence electrons. The molecular weight excluding hydrogens is 479 g/mol. The van der Waals surface area contributed by atoms with E-state index in [-0.39, 0.29) is 29.9 Å². The number of nitrogens with zero attached hydrogens (tertiary/aromatic N) is 2. The van der Waals surface area contributed by atoms with Crippen molar-refractivity contribution in [3.8, 4) is 5.75 Å². The first-order valence-corrected chi connectivity index (χ1v) is 9.62. The van der Waals surface area contributed by atoms with E-state index in [0.717, 1.165) is 30.8 Å². The van der Waals surface area contributed by atoms with Crippen molar-refractivity contribution in [1.29, 1.82) is 0 Å². The van der Waals surface area contributed by atoms with E-state index in [9.17, 15) is 4.79 Å². The number of hydrogen-bond donors (Lipinski definition) is 2. The molecule has 2 N–H and O–H groups in total. The molecule has 0 aliphatic carbocycles. The maximum Gasteiger partial charge on any atom is 0.223 e. The maximum absolute atomic E-state index is 12.4. The second-order valence-electron chi connectivity index (χ2n) is 6.79. The Labute approximate surface area is 189 Å². The average Bonchev–Trinajstić information content (AvgIpc) is 3.17. The van der Waals surface area contributed by atoms with Crippen LogP contribution in [-0.2, 0) is 24.4 Å². The fraction of sp³-hybridized carbons (Fsp3) is 0.364. The van der Waals surface area contributed by atoms with Crippen molar-refractivity contribution < 1.29 is 9.53 Å². The zero-order chi connectivity index (χ0) is 19.8. The third kappa shape index (κ3) is 6.35. The zero-order valence-corrected chi connectivity index (χ0v) is 19.3. The molecular formula is C22H29IN4O2. The molecule has 2 aromatic carbocycles. The fourth-order valence-corrected chi connectivity index (χ4v) is 3.36. The van der Waals surface area contributed by atoms with Gasteiger partial charge < -0.3 is 20.3 Å². The summed E-state index contributed by atoms with van der Waals surface area (Å²) in [5.74, 6) is 1.77. The van der Waals surface area contributed by atoms with E-state index in [1.807, 2.05) is 41.3 Å². The first-order valence-electron chi connectivity index (χ1n) is 9.62. The van der Waals surface area contributed by atoms with Crippen molar-refractivity contribution in [1.82, 2.24) is 15.5 Å². The number of benzene rings is 2. The lowest BCUT2D eigenvalue weighted by atomic mass is 10.1. The molecule has 0 saturated carbocycles. The standard InChI is InChI=1S/C22H28N4O2.HI/c1-23-22(25-14-17-8-5-6-11-20(17)28-2)24-13-7-12-21(27)26-15-18-9-3-4-10-19(18)16-26;/h3-6,8-11H,7,12-16H2,1-2H3,(H2,23,24,25);1H. The van der Waals surface area contributed by atoms with E-state index in [1.54, 1.807) is 14.2 Å². The Kier molecular flexibility index (Phi) is 9.24. The number of carbonyl (C=O) groups is 1. The van der Waals surface area contributed by atoms with Gasteiger partial charge in [-0.15, -0.1) is 24.0 Å². The van der Waals surface area contributed by atoms with Gasteiger partial charge >= 0.3 is 0 Å². The number of nitrogens with one attached hydrogen (secondary N) is 2. The largest absolute Gasteiger partial charge is 0.496 e. The molecule has 1 heterocycles. The van der Waals surface area contributed by atoms with Crippen LogP contribution in [0.1, 0.15) is 29.5 Å². The Morgan fingerprint density at radius 3 is 2.38 bits per heavy atom. The van der Waals surface area contributed by atoms with Gasteiger partial charge in [0.05, 0.1) is 7.11 Å². The number of halogens is 1. The lowest BCUT2D eigenvalue weighted by Crippen LogP contribution is -2.37. The first kappa shape index (κ1) is 23.0. The molecule has 29 heavy (non-hydrogen) atoms. The topological polar surface area (TPSA) is 66.0 Å². The number of ether oxygens (including phenoxy) is 1. The highest BCUT2D eigenvalue weighted by Gasteiger charge is 2.22. The summed E-state index contributed by atoms with van der Waals surface area (Å²) < 4.78 is 5.37. The van der Waals surface area contributed by atoms with E-state index < -0.39 is 0 Å². The first-order chi connectivity index (χ1) is 13.7. The minimum Gasteiger partial charge on any atom is -0.496 e. The molecule has 0 aromatic heterocycles. The molecule has 0 fully saturated rings. The minimum atomic E-state index is 0. The number of para-hydroxylation sites is 1. The Morgan fingerprint density at radius 2 is 1.72 bits per heavy atom. The molecule has 0 bridgehead atoms. The Hall–Kier alpha value is -2.29. The average molecular weight is 508 g/mol. The fourth-order valence-electron chi connectivity index (χ4n) is 3.36. The molecule has 1 amide bonds. The highest BCUT2D eigenvalue weighted by Crippen LogP contribution is 2.22. The maximum atomic E-state index is 12.4. The Morgan fingerprint density at radius 1 is 1.07 bits per heavy atom. The lowest BCUT2D eigenvalue weighted by Gasteiger charge is -2.16. The third-order valence-electron chi connectivity index (χ3n) is 4.92. The van der Waals surface area contributed by atoms with Gasteiger partial charge in [-0.3, -0.25) is 9.79 Å². The van der Waals surface area contributed by atoms with Gasteiger partial charge in [-0.05, 0) is 23.6 Å². The van der Waals surface area contributed by atoms with Crippen LogP contribution in [0.15, 0.2) is 53.5 Å². The number of methoxy groups -OCH3 is 1. The van der Waals surface area contributed by atoms with Crippen LogP contribution in [0.25, 0.3) is 0 Å². The second-order valence-corrected chi connectivity index (χ2v) is 6.79. The lowest BCUT2D eigenvalue weighted by molar-refractivity contribution is -0.131. The van der Waals surface area contributed by atoms with Gasteiger partial charge in [0.25, 0.3) is 0 Å². The number of hydrogen-bond acceptors (Lipinski definition) is 3. The van der Waals surface area contributed by atoms with E-state index in [0.29, 0.717) is 25.5 Å². The van der Waals surface area contributed by atoms with Crippen LogP contribution in [0.5, 0.6) is 5.75 Å². The number of guanidine groups is 1. The Balaban J connectivity index is 0.00000300. The molecule has 3 rings (SSSR count). The van der Waals surface area contributed by atoms with Crippen LogP contribution in [0.4, 0.5) is 0 Å². The molecule has 0 unspecified atom stereocenters. The van der Waals surface area contributed by atoms with Gasteiger partial charge in [0.2, 0.25) is 5.91 Å². The predicted molar refractivity (Wildman–Crippen MR) is 127 cm³/mol. The molecule has 0 saturated heterocycles. The number of carbonyl (C=O) groups excluding carboxylic acids is 1. The van der Waals surface area contributed by atoms with E-state index in [1.165, 1.54) is 11.1 Å². The highest BCUT2D eigenvalue weighted by atomic mass is 127. The normalized spacial score (nSPS) is 12.8. The molecule has 7 heteroatoms. The molecule has 1 aliphatic rings. The monoisotopic (exact) mass is 508 g/mol. The summed E-state index contributed by atoms with van der Waals surface area (Å²) in [4.78, 5) is 18.6. The summed E-state index contributed by atoms with van der Waals surface area (Å²) in [5, 5.41) is 6.55. The van der Waals surface area contributed by atoms with Gasteiger partial charge in [-0.1, -0.05) is 42.5 Å². The summed E-state index contributed by atoms with van der Waals surface area (Å²) in [6.45, 7) is 2.77. The predicted octanol–water partition coefficient (Wildman–Crippen LogP) is 3.30. The molecule has 2 aromatic rings. The number of amides is 1.